The molecule has 2 atom stereocenters. The molecule has 18 heavy (non-hydrogen) atoms. The van der Waals surface area contributed by atoms with Crippen LogP contribution >= 0.6 is 0 Å². The van der Waals surface area contributed by atoms with Gasteiger partial charge in [0.2, 0.25) is 11.8 Å². The van der Waals surface area contributed by atoms with E-state index in [1.165, 1.54) is 4.90 Å². The molecule has 0 aromatic heterocycles. The van der Waals surface area contributed by atoms with Gasteiger partial charge in [-0.05, 0) is 18.8 Å². The average molecular weight is 256 g/mol. The summed E-state index contributed by atoms with van der Waals surface area (Å²) >= 11 is 0. The van der Waals surface area contributed by atoms with Crippen molar-refractivity contribution in [2.24, 2.45) is 28.5 Å². The highest BCUT2D eigenvalue weighted by atomic mass is 16.4. The Bertz CT molecular complexity index is 367. The second-order valence-corrected chi connectivity index (χ2v) is 4.84. The van der Waals surface area contributed by atoms with Crippen molar-refractivity contribution >= 4 is 17.6 Å². The fourth-order valence-corrected chi connectivity index (χ4v) is 2.32. The van der Waals surface area contributed by atoms with E-state index in [4.69, 9.17) is 16.7 Å². The zero-order valence-corrected chi connectivity index (χ0v) is 10.7. The quantitative estimate of drug-likeness (QED) is 0.271. The molecule has 0 spiro atoms. The lowest BCUT2D eigenvalue weighted by Crippen LogP contribution is -2.50. The highest BCUT2D eigenvalue weighted by Crippen LogP contribution is 2.23. The molecule has 1 fully saturated rings. The molecule has 0 aromatic rings. The maximum Gasteiger partial charge on any atom is 0.240 e. The predicted octanol–water partition coefficient (Wildman–Crippen LogP) is -0.519. The Labute approximate surface area is 106 Å². The van der Waals surface area contributed by atoms with Gasteiger partial charge < -0.3 is 21.6 Å². The molecule has 1 heterocycles. The summed E-state index contributed by atoms with van der Waals surface area (Å²) in [6.07, 6.45) is 1.31. The van der Waals surface area contributed by atoms with E-state index in [1.807, 2.05) is 0 Å². The standard InChI is InChI=1S/C11H20N4O3/c1-6(2)8(9(12)14-18)11(17)15-5-3-4-7(15)10(13)16/h6-8,18H,3-5H2,1-2H3,(H2,12,14)(H2,13,16). The molecule has 0 aliphatic carbocycles. The monoisotopic (exact) mass is 256 g/mol. The van der Waals surface area contributed by atoms with Crippen molar-refractivity contribution in [2.45, 2.75) is 32.7 Å². The number of carbonyl (C=O) groups is 2. The maximum absolute atomic E-state index is 12.3. The Morgan fingerprint density at radius 3 is 2.44 bits per heavy atom. The Balaban J connectivity index is 2.93. The number of nitrogens with two attached hydrogens (primary N) is 2. The molecule has 7 nitrogen and oxygen atoms in total. The smallest absolute Gasteiger partial charge is 0.240 e. The van der Waals surface area contributed by atoms with Crippen LogP contribution in [-0.2, 0) is 9.59 Å². The second-order valence-electron chi connectivity index (χ2n) is 4.84. The molecule has 1 aliphatic heterocycles. The van der Waals surface area contributed by atoms with Crippen molar-refractivity contribution < 1.29 is 14.8 Å². The van der Waals surface area contributed by atoms with Crippen LogP contribution in [0.4, 0.5) is 0 Å². The lowest BCUT2D eigenvalue weighted by Gasteiger charge is -2.28. The fourth-order valence-electron chi connectivity index (χ4n) is 2.32. The number of amidine groups is 1. The Morgan fingerprint density at radius 1 is 1.39 bits per heavy atom. The van der Waals surface area contributed by atoms with E-state index in [-0.39, 0.29) is 17.7 Å². The highest BCUT2D eigenvalue weighted by molar-refractivity contribution is 6.03. The predicted molar refractivity (Wildman–Crippen MR) is 65.7 cm³/mol. The molecular formula is C11H20N4O3. The number of carbonyl (C=O) groups excluding carboxylic acids is 2. The van der Waals surface area contributed by atoms with Gasteiger partial charge >= 0.3 is 0 Å². The summed E-state index contributed by atoms with van der Waals surface area (Å²) in [5.41, 5.74) is 10.8. The van der Waals surface area contributed by atoms with E-state index in [1.54, 1.807) is 13.8 Å². The lowest BCUT2D eigenvalue weighted by molar-refractivity contribution is -0.139. The van der Waals surface area contributed by atoms with E-state index in [0.29, 0.717) is 13.0 Å². The van der Waals surface area contributed by atoms with Crippen molar-refractivity contribution in [1.29, 1.82) is 0 Å². The number of amides is 2. The van der Waals surface area contributed by atoms with Gasteiger partial charge in [0.15, 0.2) is 5.84 Å². The number of oxime groups is 1. The Hall–Kier alpha value is -1.79. The number of likely N-dealkylation sites (tertiary alicyclic amines) is 1. The summed E-state index contributed by atoms with van der Waals surface area (Å²) < 4.78 is 0. The van der Waals surface area contributed by atoms with Crippen molar-refractivity contribution in [1.82, 2.24) is 4.90 Å². The third-order valence-corrected chi connectivity index (χ3v) is 3.23. The van der Waals surface area contributed by atoms with Gasteiger partial charge in [-0.2, -0.15) is 0 Å². The summed E-state index contributed by atoms with van der Waals surface area (Å²) in [5.74, 6) is -1.80. The largest absolute Gasteiger partial charge is 0.409 e. The molecule has 0 bridgehead atoms. The first-order valence-corrected chi connectivity index (χ1v) is 5.97. The highest BCUT2D eigenvalue weighted by Gasteiger charge is 2.38. The van der Waals surface area contributed by atoms with Crippen molar-refractivity contribution in [3.8, 4) is 0 Å². The molecule has 1 saturated heterocycles. The molecule has 2 amide bonds. The molecule has 0 saturated carbocycles. The molecule has 1 rings (SSSR count). The minimum atomic E-state index is -0.727. The van der Waals surface area contributed by atoms with Crippen molar-refractivity contribution in [3.63, 3.8) is 0 Å². The van der Waals surface area contributed by atoms with Gasteiger partial charge in [-0.25, -0.2) is 0 Å². The normalized spacial score (nSPS) is 22.3. The van der Waals surface area contributed by atoms with Gasteiger partial charge in [0.05, 0.1) is 0 Å². The van der Waals surface area contributed by atoms with Crippen LogP contribution in [0.1, 0.15) is 26.7 Å². The van der Waals surface area contributed by atoms with E-state index in [9.17, 15) is 9.59 Å². The number of rotatable bonds is 4. The molecule has 1 aliphatic rings. The van der Waals surface area contributed by atoms with Gasteiger partial charge in [-0.3, -0.25) is 9.59 Å². The first-order valence-electron chi connectivity index (χ1n) is 5.97. The van der Waals surface area contributed by atoms with Gasteiger partial charge in [-0.15, -0.1) is 0 Å². The van der Waals surface area contributed by atoms with E-state index < -0.39 is 17.9 Å². The number of nitrogens with zero attached hydrogens (tertiary/aromatic N) is 2. The van der Waals surface area contributed by atoms with Crippen molar-refractivity contribution in [3.05, 3.63) is 0 Å². The summed E-state index contributed by atoms with van der Waals surface area (Å²) in [5, 5.41) is 11.6. The molecule has 2 unspecified atom stereocenters. The Kier molecular flexibility index (Phi) is 4.52. The second kappa shape index (κ2) is 5.70. The van der Waals surface area contributed by atoms with Crippen LogP contribution in [0.5, 0.6) is 0 Å². The number of primary amides is 1. The minimum absolute atomic E-state index is 0.123. The van der Waals surface area contributed by atoms with Crippen LogP contribution < -0.4 is 11.5 Å². The van der Waals surface area contributed by atoms with Crippen LogP contribution in [0, 0.1) is 11.8 Å². The summed E-state index contributed by atoms with van der Waals surface area (Å²) in [6.45, 7) is 4.08. The average Bonchev–Trinajstić information content (AvgIpc) is 2.77. The molecule has 5 N–H and O–H groups in total. The number of hydrogen-bond acceptors (Lipinski definition) is 4. The van der Waals surface area contributed by atoms with Crippen LogP contribution in [0.3, 0.4) is 0 Å². The molecular weight excluding hydrogens is 236 g/mol. The first kappa shape index (κ1) is 14.3. The Morgan fingerprint density at radius 2 is 2.00 bits per heavy atom. The van der Waals surface area contributed by atoms with E-state index in [2.05, 4.69) is 5.16 Å². The van der Waals surface area contributed by atoms with Gasteiger partial charge in [-0.1, -0.05) is 19.0 Å². The molecule has 0 aromatic carbocycles. The molecule has 102 valence electrons. The third kappa shape index (κ3) is 2.72. The van der Waals surface area contributed by atoms with Crippen LogP contribution in [0.25, 0.3) is 0 Å². The number of hydrogen-bond donors (Lipinski definition) is 3. The topological polar surface area (TPSA) is 122 Å². The zero-order chi connectivity index (χ0) is 13.9. The van der Waals surface area contributed by atoms with E-state index >= 15 is 0 Å². The summed E-state index contributed by atoms with van der Waals surface area (Å²) in [7, 11) is 0. The fraction of sp³-hybridized carbons (Fsp3) is 0.727. The molecule has 7 heteroatoms. The van der Waals surface area contributed by atoms with Gasteiger partial charge in [0.25, 0.3) is 0 Å². The summed E-state index contributed by atoms with van der Waals surface area (Å²) in [4.78, 5) is 25.0. The zero-order valence-electron chi connectivity index (χ0n) is 10.7. The summed E-state index contributed by atoms with van der Waals surface area (Å²) in [6, 6.07) is -0.578. The van der Waals surface area contributed by atoms with E-state index in [0.717, 1.165) is 6.42 Å². The maximum atomic E-state index is 12.3. The third-order valence-electron chi connectivity index (χ3n) is 3.23. The minimum Gasteiger partial charge on any atom is -0.409 e. The first-order chi connectivity index (χ1) is 8.40. The van der Waals surface area contributed by atoms with Crippen LogP contribution in [-0.4, -0.2) is 40.3 Å². The van der Waals surface area contributed by atoms with Crippen molar-refractivity contribution in [2.75, 3.05) is 6.54 Å². The SMILES string of the molecule is CC(C)C(C(=O)N1CCCC1C(N)=O)C(N)=NO. The molecule has 0 radical (unpaired) electrons. The van der Waals surface area contributed by atoms with Gasteiger partial charge in [0.1, 0.15) is 12.0 Å². The lowest BCUT2D eigenvalue weighted by atomic mass is 9.93. The van der Waals surface area contributed by atoms with Crippen LogP contribution in [0.2, 0.25) is 0 Å². The van der Waals surface area contributed by atoms with Crippen LogP contribution in [0.15, 0.2) is 5.16 Å². The van der Waals surface area contributed by atoms with Gasteiger partial charge in [0, 0.05) is 6.54 Å².